The maximum Gasteiger partial charge on any atom is 0.129 e. The highest BCUT2D eigenvalue weighted by molar-refractivity contribution is 5.72. The van der Waals surface area contributed by atoms with Crippen LogP contribution in [0.1, 0.15) is 89.5 Å². The summed E-state index contributed by atoms with van der Waals surface area (Å²) in [7, 11) is 0. The van der Waals surface area contributed by atoms with Crippen LogP contribution in [-0.4, -0.2) is 10.7 Å². The third-order valence-electron chi connectivity index (χ3n) is 6.83. The molecule has 3 rings (SSSR count). The van der Waals surface area contributed by atoms with Crippen molar-refractivity contribution >= 4 is 0 Å². The Kier molecular flexibility index (Phi) is 11.4. The first-order valence-corrected chi connectivity index (χ1v) is 13.8. The second-order valence-corrected chi connectivity index (χ2v) is 10.8. The van der Waals surface area contributed by atoms with Crippen LogP contribution in [0.4, 0.5) is 4.39 Å². The first kappa shape index (κ1) is 30.6. The third-order valence-corrected chi connectivity index (χ3v) is 6.83. The Labute approximate surface area is 225 Å². The molecule has 37 heavy (non-hydrogen) atoms. The number of aliphatic hydroxyl groups is 1. The number of rotatable bonds is 9. The van der Waals surface area contributed by atoms with Crippen LogP contribution in [0, 0.1) is 25.6 Å². The monoisotopic (exact) mass is 506 g/mol. The zero-order chi connectivity index (χ0) is 27.8. The van der Waals surface area contributed by atoms with Crippen molar-refractivity contribution in [1.82, 2.24) is 0 Å². The largest absolute Gasteiger partial charge is 0.489 e. The van der Waals surface area contributed by atoms with E-state index < -0.39 is 5.60 Å². The van der Waals surface area contributed by atoms with Gasteiger partial charge in [0.2, 0.25) is 0 Å². The molecule has 1 aliphatic carbocycles. The van der Waals surface area contributed by atoms with Gasteiger partial charge in [-0.15, -0.1) is 0 Å². The van der Waals surface area contributed by atoms with Crippen LogP contribution in [0.25, 0.3) is 11.1 Å². The SMILES string of the molecule is C=C(/C=C1/CC(C)C/C1=C/C)OCc1cc(-c2c(C)cc(CCCC(C)(C)O)cc2C)ccc1F.CC. The van der Waals surface area contributed by atoms with Gasteiger partial charge in [0.05, 0.1) is 5.60 Å². The van der Waals surface area contributed by atoms with E-state index in [1.807, 2.05) is 45.9 Å². The summed E-state index contributed by atoms with van der Waals surface area (Å²) in [5.74, 6) is 0.936. The fourth-order valence-electron chi connectivity index (χ4n) is 5.17. The van der Waals surface area contributed by atoms with E-state index in [4.69, 9.17) is 4.74 Å². The second kappa shape index (κ2) is 13.8. The maximum atomic E-state index is 14.7. The molecule has 0 saturated heterocycles. The van der Waals surface area contributed by atoms with Crippen molar-refractivity contribution < 1.29 is 14.2 Å². The molecule has 1 unspecified atom stereocenters. The number of aryl methyl sites for hydroxylation is 3. The highest BCUT2D eigenvalue weighted by atomic mass is 19.1. The van der Waals surface area contributed by atoms with Gasteiger partial charge in [-0.05, 0) is 130 Å². The minimum Gasteiger partial charge on any atom is -0.489 e. The third kappa shape index (κ3) is 9.00. The number of allylic oxidation sites excluding steroid dienone is 4. The van der Waals surface area contributed by atoms with Gasteiger partial charge in [0.25, 0.3) is 0 Å². The van der Waals surface area contributed by atoms with Gasteiger partial charge in [-0.25, -0.2) is 4.39 Å². The summed E-state index contributed by atoms with van der Waals surface area (Å²) >= 11 is 0. The predicted molar refractivity (Wildman–Crippen MR) is 156 cm³/mol. The molecule has 1 aliphatic rings. The Balaban J connectivity index is 0.00000235. The van der Waals surface area contributed by atoms with Crippen molar-refractivity contribution in [3.05, 3.63) is 94.0 Å². The van der Waals surface area contributed by atoms with Crippen molar-refractivity contribution in [2.45, 2.75) is 99.7 Å². The lowest BCUT2D eigenvalue weighted by molar-refractivity contribution is 0.0689. The van der Waals surface area contributed by atoms with Crippen LogP contribution in [0.3, 0.4) is 0 Å². The van der Waals surface area contributed by atoms with Crippen molar-refractivity contribution in [2.75, 3.05) is 0 Å². The molecular weight excluding hydrogens is 459 g/mol. The van der Waals surface area contributed by atoms with Crippen molar-refractivity contribution in [3.8, 4) is 11.1 Å². The molecular formula is C34H47FO2. The molecule has 0 bridgehead atoms. The molecule has 0 radical (unpaired) electrons. The molecule has 2 aromatic carbocycles. The van der Waals surface area contributed by atoms with E-state index in [0.29, 0.717) is 17.2 Å². The molecule has 2 nitrogen and oxygen atoms in total. The molecule has 1 fully saturated rings. The highest BCUT2D eigenvalue weighted by Crippen LogP contribution is 2.36. The topological polar surface area (TPSA) is 29.5 Å². The first-order valence-electron chi connectivity index (χ1n) is 13.8. The number of hydrogen-bond donors (Lipinski definition) is 1. The molecule has 1 atom stereocenters. The lowest BCUT2D eigenvalue weighted by Crippen LogP contribution is -2.18. The van der Waals surface area contributed by atoms with Crippen molar-refractivity contribution in [3.63, 3.8) is 0 Å². The Bertz CT molecular complexity index is 1110. The predicted octanol–water partition coefficient (Wildman–Crippen LogP) is 9.56. The van der Waals surface area contributed by atoms with E-state index in [-0.39, 0.29) is 12.4 Å². The van der Waals surface area contributed by atoms with E-state index in [9.17, 15) is 9.50 Å². The van der Waals surface area contributed by atoms with Crippen molar-refractivity contribution in [1.29, 1.82) is 0 Å². The smallest absolute Gasteiger partial charge is 0.129 e. The van der Waals surface area contributed by atoms with E-state index in [0.717, 1.165) is 43.2 Å². The van der Waals surface area contributed by atoms with Gasteiger partial charge in [-0.2, -0.15) is 0 Å². The Hall–Kier alpha value is -2.65. The molecule has 0 amide bonds. The summed E-state index contributed by atoms with van der Waals surface area (Å²) in [6.45, 7) is 20.4. The Morgan fingerprint density at radius 2 is 1.73 bits per heavy atom. The number of ether oxygens (including phenoxy) is 1. The molecule has 0 aromatic heterocycles. The molecule has 1 saturated carbocycles. The standard InChI is InChI=1S/C32H41FO2.C2H6/c1-8-26-14-21(2)15-28(26)18-24(5)35-20-29-19-27(11-12-30(29)33)31-22(3)16-25(17-23(31)4)10-9-13-32(6,7)34;1-2/h8,11-12,16-19,21,34H,5,9-10,13-15,20H2,1-4,6-7H3;1-2H3/b26-8-,28-18-;. The van der Waals surface area contributed by atoms with Gasteiger partial charge >= 0.3 is 0 Å². The zero-order valence-electron chi connectivity index (χ0n) is 24.3. The summed E-state index contributed by atoms with van der Waals surface area (Å²) in [5.41, 5.74) is 8.26. The zero-order valence-corrected chi connectivity index (χ0v) is 24.3. The lowest BCUT2D eigenvalue weighted by atomic mass is 9.90. The average molecular weight is 507 g/mol. The number of halogens is 1. The van der Waals surface area contributed by atoms with Crippen LogP contribution < -0.4 is 0 Å². The van der Waals surface area contributed by atoms with E-state index >= 15 is 0 Å². The molecule has 0 spiro atoms. The quantitative estimate of drug-likeness (QED) is 0.343. The summed E-state index contributed by atoms with van der Waals surface area (Å²) in [5, 5.41) is 9.98. The van der Waals surface area contributed by atoms with Crippen LogP contribution in [-0.2, 0) is 17.8 Å². The van der Waals surface area contributed by atoms with Gasteiger partial charge < -0.3 is 9.84 Å². The fourth-order valence-corrected chi connectivity index (χ4v) is 5.17. The molecule has 202 valence electrons. The van der Waals surface area contributed by atoms with Crippen LogP contribution in [0.5, 0.6) is 0 Å². The van der Waals surface area contributed by atoms with Crippen LogP contribution >= 0.6 is 0 Å². The number of benzene rings is 2. The average Bonchev–Trinajstić information content (AvgIpc) is 3.18. The van der Waals surface area contributed by atoms with E-state index in [2.05, 4.69) is 52.5 Å². The van der Waals surface area contributed by atoms with Gasteiger partial charge in [0.15, 0.2) is 0 Å². The normalized spacial score (nSPS) is 17.6. The summed E-state index contributed by atoms with van der Waals surface area (Å²) in [6.07, 6.45) is 8.92. The van der Waals surface area contributed by atoms with Crippen molar-refractivity contribution in [2.24, 2.45) is 5.92 Å². The van der Waals surface area contributed by atoms with E-state index in [1.165, 1.54) is 33.9 Å². The van der Waals surface area contributed by atoms with Gasteiger partial charge in [-0.1, -0.05) is 51.6 Å². The Morgan fingerprint density at radius 1 is 1.11 bits per heavy atom. The summed E-state index contributed by atoms with van der Waals surface area (Å²) < 4.78 is 20.5. The lowest BCUT2D eigenvalue weighted by Gasteiger charge is -2.18. The van der Waals surface area contributed by atoms with E-state index in [1.54, 1.807) is 0 Å². The highest BCUT2D eigenvalue weighted by Gasteiger charge is 2.20. The fraction of sp³-hybridized carbons (Fsp3) is 0.471. The maximum absolute atomic E-state index is 14.7. The van der Waals surface area contributed by atoms with Gasteiger partial charge in [0, 0.05) is 5.56 Å². The second-order valence-electron chi connectivity index (χ2n) is 10.8. The van der Waals surface area contributed by atoms with Crippen LogP contribution in [0.15, 0.2) is 66.0 Å². The Morgan fingerprint density at radius 3 is 2.32 bits per heavy atom. The van der Waals surface area contributed by atoms with Gasteiger partial charge in [0.1, 0.15) is 18.2 Å². The van der Waals surface area contributed by atoms with Gasteiger partial charge in [-0.3, -0.25) is 0 Å². The number of hydrogen-bond acceptors (Lipinski definition) is 2. The summed E-state index contributed by atoms with van der Waals surface area (Å²) in [6, 6.07) is 9.69. The molecule has 0 heterocycles. The molecule has 2 aromatic rings. The minimum absolute atomic E-state index is 0.149. The summed E-state index contributed by atoms with van der Waals surface area (Å²) in [4.78, 5) is 0. The first-order chi connectivity index (χ1) is 17.5. The molecule has 0 aliphatic heterocycles. The molecule has 1 N–H and O–H groups in total. The minimum atomic E-state index is -0.636. The van der Waals surface area contributed by atoms with Crippen LogP contribution in [0.2, 0.25) is 0 Å². The molecule has 3 heteroatoms.